The average Bonchev–Trinajstić information content (AvgIpc) is 2.72. The Bertz CT molecular complexity index is 647. The van der Waals surface area contributed by atoms with Crippen LogP contribution in [0, 0.1) is 23.0 Å². The van der Waals surface area contributed by atoms with Crippen LogP contribution in [0.25, 0.3) is 0 Å². The molecule has 1 aromatic carbocycles. The number of hydrogen-bond donors (Lipinski definition) is 0. The second kappa shape index (κ2) is 4.62. The minimum atomic E-state index is -1.20. The van der Waals surface area contributed by atoms with Crippen molar-refractivity contribution in [1.82, 2.24) is 4.90 Å². The summed E-state index contributed by atoms with van der Waals surface area (Å²) in [5, 5.41) is 9.48. The van der Waals surface area contributed by atoms with E-state index >= 15 is 0 Å². The van der Waals surface area contributed by atoms with Crippen LogP contribution in [0.2, 0.25) is 0 Å². The lowest BCUT2D eigenvalue weighted by Crippen LogP contribution is -2.52. The van der Waals surface area contributed by atoms with Crippen molar-refractivity contribution in [1.29, 1.82) is 5.26 Å². The number of amides is 2. The molecular formula is C15H12F2N2O2. The van der Waals surface area contributed by atoms with Gasteiger partial charge in [0.15, 0.2) is 11.6 Å². The fourth-order valence-electron chi connectivity index (χ4n) is 3.14. The largest absolute Gasteiger partial charge is 0.269 e. The number of fused-ring (bicyclic) bond motifs is 1. The Balaban J connectivity index is 2.09. The third kappa shape index (κ3) is 1.84. The molecule has 1 heterocycles. The van der Waals surface area contributed by atoms with E-state index < -0.39 is 29.0 Å². The highest BCUT2D eigenvalue weighted by atomic mass is 19.2. The van der Waals surface area contributed by atoms with Crippen molar-refractivity contribution in [3.05, 3.63) is 34.9 Å². The van der Waals surface area contributed by atoms with Crippen molar-refractivity contribution >= 4 is 11.8 Å². The van der Waals surface area contributed by atoms with Crippen molar-refractivity contribution < 1.29 is 18.4 Å². The van der Waals surface area contributed by atoms with Crippen molar-refractivity contribution in [2.75, 3.05) is 0 Å². The minimum Gasteiger partial charge on any atom is -0.269 e. The number of carbonyl (C=O) groups excluding carboxylic acids is 2. The van der Waals surface area contributed by atoms with Gasteiger partial charge in [-0.05, 0) is 25.0 Å². The number of benzene rings is 1. The lowest BCUT2D eigenvalue weighted by molar-refractivity contribution is 0.0448. The van der Waals surface area contributed by atoms with E-state index in [1.165, 1.54) is 0 Å². The number of nitrogens with zero attached hydrogens (tertiary/aromatic N) is 2. The molecule has 1 aliphatic heterocycles. The molecule has 0 atom stereocenters. The van der Waals surface area contributed by atoms with Gasteiger partial charge in [-0.25, -0.2) is 8.78 Å². The quantitative estimate of drug-likeness (QED) is 0.747. The number of halogens is 2. The zero-order valence-electron chi connectivity index (χ0n) is 11.2. The maximum Gasteiger partial charge on any atom is 0.263 e. The number of imide groups is 1. The standard InChI is InChI=1S/C15H12F2N2O2/c16-11-6-9-10(7-12(11)17)14(21)19(13(9)20)15(8-18)4-2-1-3-5-15/h6-7H,1-5H2. The van der Waals surface area contributed by atoms with E-state index in [1.54, 1.807) is 0 Å². The fraction of sp³-hybridized carbons (Fsp3) is 0.400. The summed E-state index contributed by atoms with van der Waals surface area (Å²) < 4.78 is 26.6. The highest BCUT2D eigenvalue weighted by molar-refractivity contribution is 6.22. The van der Waals surface area contributed by atoms with Gasteiger partial charge in [-0.3, -0.25) is 14.5 Å². The van der Waals surface area contributed by atoms with Gasteiger partial charge in [0.1, 0.15) is 5.54 Å². The van der Waals surface area contributed by atoms with Crippen LogP contribution in [-0.2, 0) is 0 Å². The summed E-state index contributed by atoms with van der Waals surface area (Å²) in [6.07, 6.45) is 3.23. The third-order valence-corrected chi connectivity index (χ3v) is 4.24. The van der Waals surface area contributed by atoms with Crippen LogP contribution in [0.1, 0.15) is 52.8 Å². The van der Waals surface area contributed by atoms with Crippen LogP contribution in [0.15, 0.2) is 12.1 Å². The van der Waals surface area contributed by atoms with Gasteiger partial charge in [0.25, 0.3) is 11.8 Å². The zero-order valence-corrected chi connectivity index (χ0v) is 11.2. The van der Waals surface area contributed by atoms with E-state index in [0.717, 1.165) is 36.3 Å². The highest BCUT2D eigenvalue weighted by Gasteiger charge is 2.50. The maximum absolute atomic E-state index is 13.3. The summed E-state index contributed by atoms with van der Waals surface area (Å²) in [6.45, 7) is 0. The lowest BCUT2D eigenvalue weighted by Gasteiger charge is -2.37. The van der Waals surface area contributed by atoms with Crippen LogP contribution in [0.3, 0.4) is 0 Å². The topological polar surface area (TPSA) is 61.2 Å². The minimum absolute atomic E-state index is 0.168. The molecule has 6 heteroatoms. The molecule has 1 saturated carbocycles. The molecule has 4 nitrogen and oxygen atoms in total. The molecule has 1 aromatic rings. The van der Waals surface area contributed by atoms with Crippen molar-refractivity contribution in [2.24, 2.45) is 0 Å². The molecule has 0 N–H and O–H groups in total. The summed E-state index contributed by atoms with van der Waals surface area (Å²) >= 11 is 0. The molecule has 21 heavy (non-hydrogen) atoms. The van der Waals surface area contributed by atoms with Crippen LogP contribution in [0.4, 0.5) is 8.78 Å². The van der Waals surface area contributed by atoms with E-state index in [0.29, 0.717) is 12.8 Å². The molecule has 0 spiro atoms. The van der Waals surface area contributed by atoms with Crippen LogP contribution in [0.5, 0.6) is 0 Å². The molecule has 3 rings (SSSR count). The van der Waals surface area contributed by atoms with Crippen molar-refractivity contribution in [3.63, 3.8) is 0 Å². The van der Waals surface area contributed by atoms with Gasteiger partial charge in [-0.1, -0.05) is 19.3 Å². The van der Waals surface area contributed by atoms with Crippen LogP contribution < -0.4 is 0 Å². The smallest absolute Gasteiger partial charge is 0.263 e. The summed E-state index contributed by atoms with van der Waals surface area (Å²) in [5.41, 5.74) is -1.53. The van der Waals surface area contributed by atoms with E-state index in [-0.39, 0.29) is 11.1 Å². The SMILES string of the molecule is N#CC1(N2C(=O)c3cc(F)c(F)cc3C2=O)CCCCC1. The lowest BCUT2D eigenvalue weighted by atomic mass is 9.81. The van der Waals surface area contributed by atoms with Crippen LogP contribution in [-0.4, -0.2) is 22.3 Å². The Morgan fingerprint density at radius 1 is 1.00 bits per heavy atom. The Hall–Kier alpha value is -2.29. The predicted octanol–water partition coefficient (Wildman–Crippen LogP) is 2.79. The second-order valence-corrected chi connectivity index (χ2v) is 5.46. The molecule has 108 valence electrons. The molecule has 2 amide bonds. The summed E-state index contributed by atoms with van der Waals surface area (Å²) in [4.78, 5) is 25.7. The summed E-state index contributed by atoms with van der Waals surface area (Å²) in [5.74, 6) is -3.77. The highest BCUT2D eigenvalue weighted by Crippen LogP contribution is 2.39. The monoisotopic (exact) mass is 290 g/mol. The van der Waals surface area contributed by atoms with Gasteiger partial charge in [0.2, 0.25) is 0 Å². The van der Waals surface area contributed by atoms with Gasteiger partial charge < -0.3 is 0 Å². The fourth-order valence-corrected chi connectivity index (χ4v) is 3.14. The Kier molecular flexibility index (Phi) is 3.01. The Labute approximate surface area is 120 Å². The predicted molar refractivity (Wildman–Crippen MR) is 68.3 cm³/mol. The zero-order chi connectivity index (χ0) is 15.2. The molecule has 1 aliphatic carbocycles. The van der Waals surface area contributed by atoms with Gasteiger partial charge in [0, 0.05) is 0 Å². The van der Waals surface area contributed by atoms with Crippen molar-refractivity contribution in [3.8, 4) is 6.07 Å². The summed E-state index contributed by atoms with van der Waals surface area (Å²) in [6, 6.07) is 3.55. The first-order valence-corrected chi connectivity index (χ1v) is 6.79. The Morgan fingerprint density at radius 3 is 1.90 bits per heavy atom. The first-order valence-electron chi connectivity index (χ1n) is 6.79. The first kappa shape index (κ1) is 13.7. The molecule has 0 aromatic heterocycles. The summed E-state index contributed by atoms with van der Waals surface area (Å²) in [7, 11) is 0. The number of rotatable bonds is 1. The normalized spacial score (nSPS) is 20.3. The van der Waals surface area contributed by atoms with Crippen molar-refractivity contribution in [2.45, 2.75) is 37.6 Å². The van der Waals surface area contributed by atoms with Crippen LogP contribution >= 0.6 is 0 Å². The molecule has 0 bridgehead atoms. The third-order valence-electron chi connectivity index (χ3n) is 4.24. The van der Waals surface area contributed by atoms with Gasteiger partial charge in [0.05, 0.1) is 17.2 Å². The first-order chi connectivity index (χ1) is 10.00. The van der Waals surface area contributed by atoms with Gasteiger partial charge in [-0.15, -0.1) is 0 Å². The van der Waals surface area contributed by atoms with E-state index in [9.17, 15) is 23.6 Å². The molecule has 2 aliphatic rings. The van der Waals surface area contributed by atoms with Gasteiger partial charge >= 0.3 is 0 Å². The van der Waals surface area contributed by atoms with E-state index in [1.807, 2.05) is 0 Å². The molecular weight excluding hydrogens is 278 g/mol. The van der Waals surface area contributed by atoms with E-state index in [4.69, 9.17) is 0 Å². The molecule has 0 radical (unpaired) electrons. The van der Waals surface area contributed by atoms with Gasteiger partial charge in [-0.2, -0.15) is 5.26 Å². The second-order valence-electron chi connectivity index (χ2n) is 5.46. The number of hydrogen-bond acceptors (Lipinski definition) is 3. The Morgan fingerprint density at radius 2 is 1.48 bits per heavy atom. The number of carbonyl (C=O) groups is 2. The molecule has 0 unspecified atom stereocenters. The molecule has 0 saturated heterocycles. The maximum atomic E-state index is 13.3. The van der Waals surface area contributed by atoms with E-state index in [2.05, 4.69) is 6.07 Å². The molecule has 1 fully saturated rings. The average molecular weight is 290 g/mol. The number of nitriles is 1.